The molecule has 1 atom stereocenters. The first-order valence-electron chi connectivity index (χ1n) is 13.6. The van der Waals surface area contributed by atoms with Crippen LogP contribution in [0.2, 0.25) is 0 Å². The van der Waals surface area contributed by atoms with Crippen LogP contribution in [-0.2, 0) is 21.2 Å². The van der Waals surface area contributed by atoms with Gasteiger partial charge in [-0.2, -0.15) is 0 Å². The number of nitrogens with one attached hydrogen (secondary N) is 2. The van der Waals surface area contributed by atoms with Crippen LogP contribution in [0.4, 0.5) is 4.39 Å². The third kappa shape index (κ3) is 7.21. The van der Waals surface area contributed by atoms with Crippen LogP contribution in [0.1, 0.15) is 67.9 Å². The number of amidine groups is 1. The average molecular weight is 569 g/mol. The second-order valence-electron chi connectivity index (χ2n) is 11.7. The van der Waals surface area contributed by atoms with Gasteiger partial charge in [-0.05, 0) is 49.3 Å². The van der Waals surface area contributed by atoms with E-state index in [1.54, 1.807) is 26.8 Å². The van der Waals surface area contributed by atoms with Gasteiger partial charge in [0.05, 0.1) is 23.4 Å². The number of hydrogen-bond acceptors (Lipinski definition) is 6. The predicted octanol–water partition coefficient (Wildman–Crippen LogP) is 4.09. The molecule has 2 aromatic rings. The highest BCUT2D eigenvalue weighted by molar-refractivity contribution is 7.91. The monoisotopic (exact) mass is 568 g/mol. The summed E-state index contributed by atoms with van der Waals surface area (Å²) in [5.41, 5.74) is 0.884. The van der Waals surface area contributed by atoms with E-state index in [0.29, 0.717) is 43.5 Å². The molecule has 10 heteroatoms. The Hall–Kier alpha value is -3.40. The van der Waals surface area contributed by atoms with Crippen molar-refractivity contribution in [3.05, 3.63) is 71.0 Å². The second-order valence-corrected chi connectivity index (χ2v) is 14.0. The van der Waals surface area contributed by atoms with Crippen LogP contribution in [0.15, 0.2) is 58.5 Å². The zero-order valence-electron chi connectivity index (χ0n) is 23.4. The van der Waals surface area contributed by atoms with Gasteiger partial charge in [0, 0.05) is 23.8 Å². The Morgan fingerprint density at radius 1 is 1.02 bits per heavy atom. The lowest BCUT2D eigenvalue weighted by molar-refractivity contribution is -0.126. The van der Waals surface area contributed by atoms with E-state index in [1.807, 2.05) is 30.3 Å². The van der Waals surface area contributed by atoms with Crippen LogP contribution < -0.4 is 10.6 Å². The Bertz CT molecular complexity index is 1420. The van der Waals surface area contributed by atoms with Crippen molar-refractivity contribution in [3.63, 3.8) is 0 Å². The van der Waals surface area contributed by atoms with Gasteiger partial charge >= 0.3 is 0 Å². The molecule has 0 bridgehead atoms. The maximum atomic E-state index is 15.3. The van der Waals surface area contributed by atoms with Gasteiger partial charge in [-0.3, -0.25) is 19.6 Å². The van der Waals surface area contributed by atoms with Gasteiger partial charge < -0.3 is 10.6 Å². The molecule has 1 heterocycles. The summed E-state index contributed by atoms with van der Waals surface area (Å²) >= 11 is 0. The third-order valence-electron chi connectivity index (χ3n) is 7.52. The topological polar surface area (TPSA) is 117 Å². The third-order valence-corrected chi connectivity index (χ3v) is 9.20. The maximum Gasteiger partial charge on any atom is 0.254 e. The molecule has 0 spiro atoms. The molecule has 2 amide bonds. The molecule has 4 rings (SSSR count). The fourth-order valence-corrected chi connectivity index (χ4v) is 6.14. The van der Waals surface area contributed by atoms with Crippen molar-refractivity contribution < 1.29 is 22.4 Å². The van der Waals surface area contributed by atoms with Crippen LogP contribution >= 0.6 is 0 Å². The average Bonchev–Trinajstić information content (AvgIpc) is 2.91. The van der Waals surface area contributed by atoms with E-state index in [2.05, 4.69) is 15.6 Å². The molecule has 40 heavy (non-hydrogen) atoms. The summed E-state index contributed by atoms with van der Waals surface area (Å²) in [6.07, 6.45) is 3.83. The molecule has 0 radical (unpaired) electrons. The van der Waals surface area contributed by atoms with Gasteiger partial charge in [-0.1, -0.05) is 57.2 Å². The minimum Gasteiger partial charge on any atom is -0.348 e. The predicted molar refractivity (Wildman–Crippen MR) is 155 cm³/mol. The normalized spacial score (nSPS) is 21.7. The summed E-state index contributed by atoms with van der Waals surface area (Å²) < 4.78 is 39.3. The number of halogens is 1. The molecular formula is C30H37FN4O4S. The highest BCUT2D eigenvalue weighted by Gasteiger charge is 2.34. The molecule has 0 aromatic heterocycles. The maximum absolute atomic E-state index is 15.3. The van der Waals surface area contributed by atoms with Crippen molar-refractivity contribution in [1.82, 2.24) is 10.6 Å². The quantitative estimate of drug-likeness (QED) is 0.546. The number of rotatable bonds is 6. The van der Waals surface area contributed by atoms with Crippen molar-refractivity contribution in [2.75, 3.05) is 12.8 Å². The van der Waals surface area contributed by atoms with Crippen molar-refractivity contribution >= 4 is 33.2 Å². The van der Waals surface area contributed by atoms with Gasteiger partial charge in [0.25, 0.3) is 5.91 Å². The van der Waals surface area contributed by atoms with Gasteiger partial charge in [-0.25, -0.2) is 12.8 Å². The number of aliphatic imine (C=N–C) groups is 2. The van der Waals surface area contributed by atoms with E-state index >= 15 is 4.39 Å². The summed E-state index contributed by atoms with van der Waals surface area (Å²) in [5, 5.41) is 5.25. The first kappa shape index (κ1) is 29.6. The molecule has 1 aliphatic carbocycles. The number of amides is 2. The minimum atomic E-state index is -3.09. The van der Waals surface area contributed by atoms with Crippen molar-refractivity contribution in [2.45, 2.75) is 64.3 Å². The smallest absolute Gasteiger partial charge is 0.254 e. The molecule has 214 valence electrons. The molecule has 1 saturated carbocycles. The highest BCUT2D eigenvalue weighted by Crippen LogP contribution is 2.33. The Labute approximate surface area is 235 Å². The first-order chi connectivity index (χ1) is 18.8. The van der Waals surface area contributed by atoms with E-state index in [1.165, 1.54) is 18.4 Å². The van der Waals surface area contributed by atoms with Crippen LogP contribution in [0.25, 0.3) is 0 Å². The van der Waals surface area contributed by atoms with E-state index in [0.717, 1.165) is 5.56 Å². The van der Waals surface area contributed by atoms with E-state index in [-0.39, 0.29) is 41.1 Å². The van der Waals surface area contributed by atoms with Crippen molar-refractivity contribution in [3.8, 4) is 0 Å². The van der Waals surface area contributed by atoms with E-state index in [9.17, 15) is 18.0 Å². The largest absolute Gasteiger partial charge is 0.348 e. The molecule has 2 aliphatic rings. The fraction of sp³-hybridized carbons (Fsp3) is 0.467. The molecule has 8 nitrogen and oxygen atoms in total. The molecule has 2 aromatic carbocycles. The lowest BCUT2D eigenvalue weighted by atomic mass is 9.83. The zero-order valence-corrected chi connectivity index (χ0v) is 24.2. The Morgan fingerprint density at radius 2 is 1.70 bits per heavy atom. The molecular weight excluding hydrogens is 531 g/mol. The van der Waals surface area contributed by atoms with Gasteiger partial charge in [0.15, 0.2) is 5.84 Å². The number of carbonyl (C=O) groups excluding carboxylic acids is 2. The molecule has 1 unspecified atom stereocenters. The van der Waals surface area contributed by atoms with Crippen LogP contribution in [0.3, 0.4) is 0 Å². The zero-order chi connectivity index (χ0) is 29.1. The first-order valence-corrected chi connectivity index (χ1v) is 15.5. The van der Waals surface area contributed by atoms with E-state index in [4.69, 9.17) is 4.99 Å². The van der Waals surface area contributed by atoms with Gasteiger partial charge in [-0.15, -0.1) is 0 Å². The Balaban J connectivity index is 1.57. The SMILES string of the molecule is CC(C)(C)C(=O)NC1=NCC([C@H]2CC[C@@H](S(C)(=O)=O)CC2)N=C1c1ccc(C(=O)NCc2ccccc2)c(F)c1. The Morgan fingerprint density at radius 3 is 2.30 bits per heavy atom. The summed E-state index contributed by atoms with van der Waals surface area (Å²) in [6.45, 7) is 5.97. The second kappa shape index (κ2) is 12.0. The molecule has 1 fully saturated rings. The lowest BCUT2D eigenvalue weighted by Crippen LogP contribution is -2.46. The standard InChI is InChI=1S/C30H37FN4O4S/c1-30(2,3)29(37)35-27-26(34-25(18-32-27)20-10-13-22(14-11-20)40(4,38)39)21-12-15-23(24(31)16-21)28(36)33-17-19-8-6-5-7-9-19/h5-9,12,15-16,20,22,25H,10-11,13-14,17-18H2,1-4H3,(H,33,36)(H,32,35,37)/t20-,22+,25?. The van der Waals surface area contributed by atoms with Crippen molar-refractivity contribution in [1.29, 1.82) is 0 Å². The minimum absolute atomic E-state index is 0.0936. The van der Waals surface area contributed by atoms with Gasteiger partial charge in [0.1, 0.15) is 21.4 Å². The number of carbonyl (C=O) groups is 2. The fourth-order valence-electron chi connectivity index (χ4n) is 5.01. The van der Waals surface area contributed by atoms with Gasteiger partial charge in [0.2, 0.25) is 5.91 Å². The summed E-state index contributed by atoms with van der Waals surface area (Å²) in [5.74, 6) is -1.09. The lowest BCUT2D eigenvalue weighted by Gasteiger charge is -2.33. The molecule has 1 aliphatic heterocycles. The summed E-state index contributed by atoms with van der Waals surface area (Å²) in [7, 11) is -3.09. The summed E-state index contributed by atoms with van der Waals surface area (Å²) in [4.78, 5) is 35.1. The number of benzene rings is 2. The van der Waals surface area contributed by atoms with Crippen LogP contribution in [-0.4, -0.2) is 55.9 Å². The highest BCUT2D eigenvalue weighted by atomic mass is 32.2. The van der Waals surface area contributed by atoms with Crippen LogP contribution in [0.5, 0.6) is 0 Å². The van der Waals surface area contributed by atoms with E-state index < -0.39 is 27.0 Å². The molecule has 0 saturated heterocycles. The number of hydrogen-bond donors (Lipinski definition) is 2. The summed E-state index contributed by atoms with van der Waals surface area (Å²) in [6, 6.07) is 13.4. The number of nitrogens with zero attached hydrogens (tertiary/aromatic N) is 2. The van der Waals surface area contributed by atoms with Crippen molar-refractivity contribution in [2.24, 2.45) is 21.3 Å². The Kier molecular flexibility index (Phi) is 8.87. The number of sulfone groups is 1. The molecule has 2 N–H and O–H groups in total. The van der Waals surface area contributed by atoms with Crippen LogP contribution in [0, 0.1) is 17.2 Å².